The third-order valence-corrected chi connectivity index (χ3v) is 3.49. The van der Waals surface area contributed by atoms with Crippen LogP contribution in [0.1, 0.15) is 22.8 Å². The highest BCUT2D eigenvalue weighted by molar-refractivity contribution is 5.92. The molecule has 1 aromatic heterocycles. The summed E-state index contributed by atoms with van der Waals surface area (Å²) in [5.74, 6) is 0.209. The number of carbonyl (C=O) groups excluding carboxylic acids is 1. The van der Waals surface area contributed by atoms with E-state index in [2.05, 4.69) is 0 Å². The molecule has 0 fully saturated rings. The molecule has 1 N–H and O–H groups in total. The Balaban J connectivity index is 2.11. The van der Waals surface area contributed by atoms with E-state index in [1.54, 1.807) is 25.1 Å². The minimum absolute atomic E-state index is 0.129. The van der Waals surface area contributed by atoms with E-state index in [4.69, 9.17) is 9.15 Å². The van der Waals surface area contributed by atoms with Crippen LogP contribution in [0.4, 0.5) is 0 Å². The van der Waals surface area contributed by atoms with E-state index >= 15 is 0 Å². The van der Waals surface area contributed by atoms with Gasteiger partial charge in [-0.15, -0.1) is 0 Å². The van der Waals surface area contributed by atoms with Crippen LogP contribution in [0.25, 0.3) is 22.3 Å². The smallest absolute Gasteiger partial charge is 0.338 e. The fourth-order valence-electron chi connectivity index (χ4n) is 2.49. The molecule has 0 aliphatic carbocycles. The zero-order chi connectivity index (χ0) is 15.5. The minimum Gasteiger partial charge on any atom is -0.462 e. The molecule has 0 aliphatic rings. The summed E-state index contributed by atoms with van der Waals surface area (Å²) in [6.45, 7) is 1.97. The maximum atomic E-state index is 11.9. The highest BCUT2D eigenvalue weighted by Gasteiger charge is 2.16. The minimum atomic E-state index is -0.369. The molecule has 2 aromatic carbocycles. The monoisotopic (exact) mass is 296 g/mol. The Morgan fingerprint density at radius 3 is 2.77 bits per heavy atom. The van der Waals surface area contributed by atoms with Crippen LogP contribution in [-0.4, -0.2) is 17.7 Å². The fourth-order valence-corrected chi connectivity index (χ4v) is 2.49. The van der Waals surface area contributed by atoms with Crippen LogP contribution in [0.2, 0.25) is 0 Å². The Morgan fingerprint density at radius 2 is 2.00 bits per heavy atom. The summed E-state index contributed by atoms with van der Waals surface area (Å²) < 4.78 is 10.9. The summed E-state index contributed by atoms with van der Waals surface area (Å²) in [6, 6.07) is 14.6. The summed E-state index contributed by atoms with van der Waals surface area (Å²) in [5.41, 5.74) is 2.63. The van der Waals surface area contributed by atoms with Crippen LogP contribution >= 0.6 is 0 Å². The van der Waals surface area contributed by atoms with Gasteiger partial charge in [0.2, 0.25) is 0 Å². The van der Waals surface area contributed by atoms with E-state index in [-0.39, 0.29) is 12.6 Å². The van der Waals surface area contributed by atoms with Crippen LogP contribution in [0.15, 0.2) is 52.9 Å². The van der Waals surface area contributed by atoms with Crippen LogP contribution in [0.5, 0.6) is 0 Å². The number of benzene rings is 2. The molecule has 0 saturated heterocycles. The van der Waals surface area contributed by atoms with Crippen molar-refractivity contribution >= 4 is 16.9 Å². The zero-order valence-corrected chi connectivity index (χ0v) is 12.2. The number of hydrogen-bond acceptors (Lipinski definition) is 4. The van der Waals surface area contributed by atoms with Crippen molar-refractivity contribution in [2.45, 2.75) is 13.5 Å². The quantitative estimate of drug-likeness (QED) is 0.744. The van der Waals surface area contributed by atoms with Crippen LogP contribution in [0, 0.1) is 0 Å². The lowest BCUT2D eigenvalue weighted by Crippen LogP contribution is -2.04. The lowest BCUT2D eigenvalue weighted by molar-refractivity contribution is 0.0526. The number of rotatable bonds is 4. The first-order valence-corrected chi connectivity index (χ1v) is 7.13. The van der Waals surface area contributed by atoms with Gasteiger partial charge in [-0.1, -0.05) is 30.3 Å². The number of furan rings is 1. The maximum Gasteiger partial charge on any atom is 0.338 e. The van der Waals surface area contributed by atoms with Gasteiger partial charge in [-0.2, -0.15) is 0 Å². The van der Waals surface area contributed by atoms with Crippen molar-refractivity contribution in [3.05, 3.63) is 59.7 Å². The molecular formula is C18H16O4. The largest absolute Gasteiger partial charge is 0.462 e. The van der Waals surface area contributed by atoms with Gasteiger partial charge in [0, 0.05) is 16.5 Å². The van der Waals surface area contributed by atoms with Crippen molar-refractivity contribution in [3.8, 4) is 11.3 Å². The molecule has 0 amide bonds. The Labute approximate surface area is 127 Å². The highest BCUT2D eigenvalue weighted by Crippen LogP contribution is 2.33. The molecule has 112 valence electrons. The van der Waals surface area contributed by atoms with Crippen LogP contribution in [0.3, 0.4) is 0 Å². The predicted molar refractivity (Wildman–Crippen MR) is 83.5 cm³/mol. The summed E-state index contributed by atoms with van der Waals surface area (Å²) >= 11 is 0. The Bertz CT molecular complexity index is 817. The number of carbonyl (C=O) groups is 1. The van der Waals surface area contributed by atoms with Crippen LogP contribution < -0.4 is 0 Å². The third-order valence-electron chi connectivity index (χ3n) is 3.49. The van der Waals surface area contributed by atoms with E-state index in [1.807, 2.05) is 30.3 Å². The second kappa shape index (κ2) is 6.03. The molecule has 0 radical (unpaired) electrons. The molecule has 0 spiro atoms. The van der Waals surface area contributed by atoms with Gasteiger partial charge in [0.1, 0.15) is 11.3 Å². The summed E-state index contributed by atoms with van der Waals surface area (Å²) in [4.78, 5) is 11.9. The zero-order valence-electron chi connectivity index (χ0n) is 12.2. The third kappa shape index (κ3) is 2.49. The van der Waals surface area contributed by atoms with Crippen molar-refractivity contribution in [3.63, 3.8) is 0 Å². The average molecular weight is 296 g/mol. The van der Waals surface area contributed by atoms with Crippen molar-refractivity contribution in [1.29, 1.82) is 0 Å². The highest BCUT2D eigenvalue weighted by atomic mass is 16.5. The van der Waals surface area contributed by atoms with Gasteiger partial charge in [-0.05, 0) is 25.1 Å². The number of ether oxygens (including phenoxy) is 1. The normalized spacial score (nSPS) is 10.8. The lowest BCUT2D eigenvalue weighted by Gasteiger charge is -2.04. The molecule has 4 nitrogen and oxygen atoms in total. The molecular weight excluding hydrogens is 280 g/mol. The molecule has 22 heavy (non-hydrogen) atoms. The SMILES string of the molecule is CCOC(=O)c1cccc(-c2oc3ccccc3c2CO)c1. The summed E-state index contributed by atoms with van der Waals surface area (Å²) in [5, 5.41) is 10.6. The van der Waals surface area contributed by atoms with Crippen molar-refractivity contribution in [1.82, 2.24) is 0 Å². The topological polar surface area (TPSA) is 59.7 Å². The first kappa shape index (κ1) is 14.4. The fraction of sp³-hybridized carbons (Fsp3) is 0.167. The van der Waals surface area contributed by atoms with Gasteiger partial charge in [-0.25, -0.2) is 4.79 Å². The van der Waals surface area contributed by atoms with Gasteiger partial charge in [0.25, 0.3) is 0 Å². The maximum absolute atomic E-state index is 11.9. The van der Waals surface area contributed by atoms with Crippen molar-refractivity contribution in [2.75, 3.05) is 6.61 Å². The predicted octanol–water partition coefficient (Wildman–Crippen LogP) is 3.77. The van der Waals surface area contributed by atoms with Crippen molar-refractivity contribution in [2.24, 2.45) is 0 Å². The Morgan fingerprint density at radius 1 is 1.18 bits per heavy atom. The van der Waals surface area contributed by atoms with E-state index in [9.17, 15) is 9.90 Å². The van der Waals surface area contributed by atoms with Gasteiger partial charge >= 0.3 is 5.97 Å². The van der Waals surface area contributed by atoms with Gasteiger partial charge < -0.3 is 14.3 Å². The second-order valence-electron chi connectivity index (χ2n) is 4.87. The van der Waals surface area contributed by atoms with Gasteiger partial charge in [0.05, 0.1) is 18.8 Å². The Hall–Kier alpha value is -2.59. The molecule has 1 heterocycles. The van der Waals surface area contributed by atoms with E-state index in [0.717, 1.165) is 16.5 Å². The van der Waals surface area contributed by atoms with Gasteiger partial charge in [-0.3, -0.25) is 0 Å². The number of fused-ring (bicyclic) bond motifs is 1. The number of para-hydroxylation sites is 1. The Kier molecular flexibility index (Phi) is 3.94. The first-order valence-electron chi connectivity index (χ1n) is 7.13. The number of aliphatic hydroxyl groups is 1. The molecule has 4 heteroatoms. The molecule has 3 rings (SSSR count). The standard InChI is InChI=1S/C18H16O4/c1-2-21-18(20)13-7-5-6-12(10-13)17-15(11-19)14-8-3-4-9-16(14)22-17/h3-10,19H,2,11H2,1H3. The second-order valence-corrected chi connectivity index (χ2v) is 4.87. The molecule has 0 aliphatic heterocycles. The summed E-state index contributed by atoms with van der Waals surface area (Å²) in [6.07, 6.45) is 0. The van der Waals surface area contributed by atoms with E-state index in [0.29, 0.717) is 23.5 Å². The van der Waals surface area contributed by atoms with E-state index in [1.165, 1.54) is 0 Å². The molecule has 3 aromatic rings. The number of esters is 1. The number of aliphatic hydroxyl groups excluding tert-OH is 1. The van der Waals surface area contributed by atoms with Gasteiger partial charge in [0.15, 0.2) is 0 Å². The van der Waals surface area contributed by atoms with E-state index < -0.39 is 0 Å². The molecule has 0 unspecified atom stereocenters. The average Bonchev–Trinajstić information content (AvgIpc) is 2.94. The molecule has 0 bridgehead atoms. The van der Waals surface area contributed by atoms with Crippen LogP contribution in [-0.2, 0) is 11.3 Å². The first-order chi connectivity index (χ1) is 10.7. The summed E-state index contributed by atoms with van der Waals surface area (Å²) in [7, 11) is 0. The lowest BCUT2D eigenvalue weighted by atomic mass is 10.0. The molecule has 0 atom stereocenters. The number of hydrogen-bond donors (Lipinski definition) is 1. The van der Waals surface area contributed by atoms with Crippen molar-refractivity contribution < 1.29 is 19.1 Å². The molecule has 0 saturated carbocycles.